The van der Waals surface area contributed by atoms with Gasteiger partial charge in [-0.05, 0) is 48.5 Å². The molecule has 29 heavy (non-hydrogen) atoms. The van der Waals surface area contributed by atoms with Gasteiger partial charge >= 0.3 is 5.96 Å². The molecule has 1 atom stereocenters. The van der Waals surface area contributed by atoms with E-state index in [2.05, 4.69) is 15.5 Å². The molecular formula is C18H15Cl2N6O3+. The van der Waals surface area contributed by atoms with Crippen molar-refractivity contribution >= 4 is 64.0 Å². The number of benzene rings is 2. The van der Waals surface area contributed by atoms with Crippen LogP contribution in [0.25, 0.3) is 0 Å². The third kappa shape index (κ3) is 4.36. The Kier molecular flexibility index (Phi) is 5.81. The summed E-state index contributed by atoms with van der Waals surface area (Å²) in [7, 11) is 0. The number of halogens is 2. The van der Waals surface area contributed by atoms with Crippen LogP contribution < -0.4 is 26.8 Å². The molecule has 6 N–H and O–H groups in total. The van der Waals surface area contributed by atoms with E-state index in [1.54, 1.807) is 24.3 Å². The third-order valence-corrected chi connectivity index (χ3v) is 4.43. The molecule has 0 saturated carbocycles. The maximum Gasteiger partial charge on any atom is 0.362 e. The van der Waals surface area contributed by atoms with Crippen molar-refractivity contribution < 1.29 is 19.5 Å². The van der Waals surface area contributed by atoms with E-state index < -0.39 is 23.6 Å². The molecule has 9 nitrogen and oxygen atoms in total. The molecule has 1 aliphatic heterocycles. The van der Waals surface area contributed by atoms with E-state index in [1.807, 2.05) is 0 Å². The molecule has 1 unspecified atom stereocenters. The van der Waals surface area contributed by atoms with Gasteiger partial charge in [0.05, 0.1) is 5.69 Å². The van der Waals surface area contributed by atoms with Crippen molar-refractivity contribution in [1.29, 1.82) is 0 Å². The van der Waals surface area contributed by atoms with E-state index in [9.17, 15) is 14.4 Å². The largest absolute Gasteiger partial charge is 0.362 e. The number of hydrogen-bond donors (Lipinski definition) is 4. The monoisotopic (exact) mass is 433 g/mol. The fraction of sp³-hybridized carbons (Fsp3) is 0.0556. The van der Waals surface area contributed by atoms with Crippen LogP contribution in [-0.2, 0) is 14.4 Å². The number of imide groups is 1. The number of rotatable bonds is 4. The normalized spacial score (nSPS) is 17.5. The maximum atomic E-state index is 13.0. The summed E-state index contributed by atoms with van der Waals surface area (Å²) in [6.07, 6.45) is 0. The molecular weight excluding hydrogens is 419 g/mol. The van der Waals surface area contributed by atoms with Crippen molar-refractivity contribution in [3.05, 3.63) is 58.6 Å². The minimum atomic E-state index is -1.51. The molecule has 0 bridgehead atoms. The lowest BCUT2D eigenvalue weighted by atomic mass is 10.1. The summed E-state index contributed by atoms with van der Waals surface area (Å²) in [5.41, 5.74) is 10.9. The molecule has 1 fully saturated rings. The van der Waals surface area contributed by atoms with Gasteiger partial charge in [-0.1, -0.05) is 23.2 Å². The number of carbonyl (C=O) groups is 3. The van der Waals surface area contributed by atoms with Gasteiger partial charge in [0, 0.05) is 15.7 Å². The van der Waals surface area contributed by atoms with Crippen LogP contribution in [0, 0.1) is 5.92 Å². The van der Waals surface area contributed by atoms with Crippen molar-refractivity contribution in [2.75, 3.05) is 10.2 Å². The lowest BCUT2D eigenvalue weighted by Gasteiger charge is -2.14. The predicted molar refractivity (Wildman–Crippen MR) is 109 cm³/mol. The molecule has 1 heterocycles. The molecule has 3 amide bonds. The Bertz CT molecular complexity index is 1030. The molecule has 2 aromatic carbocycles. The Balaban J connectivity index is 1.98. The van der Waals surface area contributed by atoms with Crippen molar-refractivity contribution in [3.8, 4) is 0 Å². The molecule has 1 aliphatic rings. The van der Waals surface area contributed by atoms with E-state index in [-0.39, 0.29) is 17.4 Å². The summed E-state index contributed by atoms with van der Waals surface area (Å²) in [5.74, 6) is -4.14. The lowest BCUT2D eigenvalue weighted by molar-refractivity contribution is -0.464. The Morgan fingerprint density at radius 3 is 2.10 bits per heavy atom. The Morgan fingerprint density at radius 1 is 1.00 bits per heavy atom. The van der Waals surface area contributed by atoms with Gasteiger partial charge in [0.25, 0.3) is 11.8 Å². The average Bonchev–Trinajstić information content (AvgIpc) is 2.92. The van der Waals surface area contributed by atoms with Crippen LogP contribution in [0.5, 0.6) is 0 Å². The number of nitrogens with two attached hydrogens (primary N) is 2. The predicted octanol–water partition coefficient (Wildman–Crippen LogP) is -0.168. The molecule has 1 saturated heterocycles. The maximum absolute atomic E-state index is 13.0. The number of carbonyl (C=O) groups excluding carboxylic acids is 3. The smallest absolute Gasteiger partial charge is 0.325 e. The van der Waals surface area contributed by atoms with Gasteiger partial charge in [-0.15, -0.1) is 5.10 Å². The van der Waals surface area contributed by atoms with Crippen LogP contribution in [-0.4, -0.2) is 29.4 Å². The van der Waals surface area contributed by atoms with E-state index in [0.717, 1.165) is 4.90 Å². The molecule has 3 rings (SSSR count). The van der Waals surface area contributed by atoms with Crippen LogP contribution in [0.4, 0.5) is 11.4 Å². The molecule has 0 aliphatic carbocycles. The number of nitrogens with zero attached hydrogens (tertiary/aromatic N) is 2. The Hall–Kier alpha value is -3.43. The minimum absolute atomic E-state index is 0.239. The number of hydrogen-bond acceptors (Lipinski definition) is 4. The zero-order valence-electron chi connectivity index (χ0n) is 14.7. The highest BCUT2D eigenvalue weighted by Crippen LogP contribution is 2.27. The quantitative estimate of drug-likeness (QED) is 0.174. The molecule has 148 valence electrons. The van der Waals surface area contributed by atoms with E-state index in [0.29, 0.717) is 15.7 Å². The summed E-state index contributed by atoms with van der Waals surface area (Å²) < 4.78 is 0. The van der Waals surface area contributed by atoms with Crippen LogP contribution in [0.2, 0.25) is 10.0 Å². The van der Waals surface area contributed by atoms with Crippen molar-refractivity contribution in [2.45, 2.75) is 0 Å². The minimum Gasteiger partial charge on any atom is -0.325 e. The topological polar surface area (TPSA) is 145 Å². The standard InChI is InChI=1S/C18H14Cl2N6O3/c19-9-1-5-11(6-2-9)23-15(27)13-14(24-25-18(21)22)17(29)26(16(13)28)12-7-3-10(20)4-8-12/h1-8,13H,(H,23,27)(H4,21,22,25)/p+1/b24-14-. The second-order valence-corrected chi connectivity index (χ2v) is 6.82. The number of guanidine groups is 1. The first-order valence-electron chi connectivity index (χ1n) is 8.19. The highest BCUT2D eigenvalue weighted by atomic mass is 35.5. The summed E-state index contributed by atoms with van der Waals surface area (Å²) >= 11 is 11.7. The summed E-state index contributed by atoms with van der Waals surface area (Å²) in [4.78, 5) is 39.4. The van der Waals surface area contributed by atoms with Crippen LogP contribution in [0.1, 0.15) is 0 Å². The van der Waals surface area contributed by atoms with E-state index in [1.165, 1.54) is 24.3 Å². The van der Waals surface area contributed by atoms with Crippen molar-refractivity contribution in [2.24, 2.45) is 22.5 Å². The SMILES string of the molecule is NC(N)=[NH+]/N=C1\C(=O)N(c2ccc(Cl)cc2)C(=O)C1C(=O)Nc1ccc(Cl)cc1. The Labute approximate surface area is 175 Å². The molecule has 0 aromatic heterocycles. The average molecular weight is 434 g/mol. The number of nitrogens with one attached hydrogen (secondary N) is 2. The fourth-order valence-corrected chi connectivity index (χ4v) is 2.89. The molecule has 0 spiro atoms. The highest BCUT2D eigenvalue weighted by molar-refractivity contribution is 6.61. The lowest BCUT2D eigenvalue weighted by Crippen LogP contribution is -2.73. The zero-order valence-corrected chi connectivity index (χ0v) is 16.2. The van der Waals surface area contributed by atoms with Gasteiger partial charge in [0.15, 0.2) is 11.6 Å². The second-order valence-electron chi connectivity index (χ2n) is 5.95. The summed E-state index contributed by atoms with van der Waals surface area (Å²) in [5, 5.41) is 9.45. The van der Waals surface area contributed by atoms with Crippen LogP contribution in [0.15, 0.2) is 53.6 Å². The molecule has 0 radical (unpaired) electrons. The second kappa shape index (κ2) is 8.29. The van der Waals surface area contributed by atoms with Gasteiger partial charge in [-0.2, -0.15) is 5.10 Å². The first kappa shape index (κ1) is 20.3. The van der Waals surface area contributed by atoms with Gasteiger partial charge in [0.1, 0.15) is 0 Å². The first-order valence-corrected chi connectivity index (χ1v) is 8.95. The Morgan fingerprint density at radius 2 is 1.55 bits per heavy atom. The van der Waals surface area contributed by atoms with Crippen molar-refractivity contribution in [1.82, 2.24) is 0 Å². The van der Waals surface area contributed by atoms with Gasteiger partial charge in [-0.25, -0.2) is 4.90 Å². The van der Waals surface area contributed by atoms with Gasteiger partial charge in [-0.3, -0.25) is 25.9 Å². The fourth-order valence-electron chi connectivity index (χ4n) is 2.64. The van der Waals surface area contributed by atoms with Gasteiger partial charge in [0.2, 0.25) is 5.91 Å². The molecule has 2 aromatic rings. The van der Waals surface area contributed by atoms with Crippen molar-refractivity contribution in [3.63, 3.8) is 0 Å². The van der Waals surface area contributed by atoms with Crippen LogP contribution >= 0.6 is 23.2 Å². The summed E-state index contributed by atoms with van der Waals surface area (Å²) in [6.45, 7) is 0. The highest BCUT2D eigenvalue weighted by Gasteiger charge is 2.50. The van der Waals surface area contributed by atoms with E-state index in [4.69, 9.17) is 34.7 Å². The number of hydrazone groups is 1. The van der Waals surface area contributed by atoms with Crippen LogP contribution in [0.3, 0.4) is 0 Å². The summed E-state index contributed by atoms with van der Waals surface area (Å²) in [6, 6.07) is 12.2. The van der Waals surface area contributed by atoms with Gasteiger partial charge < -0.3 is 5.32 Å². The zero-order chi connectivity index (χ0) is 21.1. The molecule has 11 heteroatoms. The number of amides is 3. The third-order valence-electron chi connectivity index (χ3n) is 3.93. The van der Waals surface area contributed by atoms with E-state index >= 15 is 0 Å². The number of anilines is 2. The first-order chi connectivity index (χ1) is 13.8.